The van der Waals surface area contributed by atoms with Crippen molar-refractivity contribution >= 4 is 5.78 Å². The molecule has 2 rings (SSSR count). The molecule has 0 saturated heterocycles. The van der Waals surface area contributed by atoms with Crippen molar-refractivity contribution in [2.24, 2.45) is 17.6 Å². The van der Waals surface area contributed by atoms with Crippen LogP contribution >= 0.6 is 0 Å². The predicted molar refractivity (Wildman–Crippen MR) is 61.9 cm³/mol. The Kier molecular flexibility index (Phi) is 3.78. The van der Waals surface area contributed by atoms with Gasteiger partial charge in [-0.3, -0.25) is 4.79 Å². The Morgan fingerprint density at radius 3 is 2.69 bits per heavy atom. The van der Waals surface area contributed by atoms with Crippen molar-refractivity contribution in [1.29, 1.82) is 0 Å². The van der Waals surface area contributed by atoms with Crippen LogP contribution in [0.4, 0.5) is 0 Å². The topological polar surface area (TPSA) is 56.2 Å². The SMILES string of the molecule is NCC1CCC(C(=O)Cc2ccco2)CC1. The zero-order valence-electron chi connectivity index (χ0n) is 9.52. The van der Waals surface area contributed by atoms with Crippen molar-refractivity contribution in [2.45, 2.75) is 32.1 Å². The summed E-state index contributed by atoms with van der Waals surface area (Å²) in [7, 11) is 0. The molecule has 3 nitrogen and oxygen atoms in total. The van der Waals surface area contributed by atoms with E-state index in [1.54, 1.807) is 6.26 Å². The highest BCUT2D eigenvalue weighted by atomic mass is 16.3. The van der Waals surface area contributed by atoms with E-state index in [0.29, 0.717) is 18.1 Å². The lowest BCUT2D eigenvalue weighted by atomic mass is 9.79. The molecule has 1 aromatic heterocycles. The summed E-state index contributed by atoms with van der Waals surface area (Å²) in [6.07, 6.45) is 6.28. The lowest BCUT2D eigenvalue weighted by Crippen LogP contribution is -2.26. The Morgan fingerprint density at radius 2 is 2.12 bits per heavy atom. The van der Waals surface area contributed by atoms with Crippen LogP contribution in [-0.4, -0.2) is 12.3 Å². The second-order valence-electron chi connectivity index (χ2n) is 4.68. The minimum Gasteiger partial charge on any atom is -0.469 e. The molecule has 1 aromatic rings. The normalized spacial score (nSPS) is 25.6. The Morgan fingerprint density at radius 1 is 1.38 bits per heavy atom. The molecule has 1 heterocycles. The van der Waals surface area contributed by atoms with Gasteiger partial charge < -0.3 is 10.2 Å². The van der Waals surface area contributed by atoms with Gasteiger partial charge >= 0.3 is 0 Å². The van der Waals surface area contributed by atoms with Gasteiger partial charge in [0.05, 0.1) is 12.7 Å². The molecule has 0 unspecified atom stereocenters. The van der Waals surface area contributed by atoms with Crippen LogP contribution in [0.15, 0.2) is 22.8 Å². The van der Waals surface area contributed by atoms with Crippen molar-refractivity contribution in [3.8, 4) is 0 Å². The van der Waals surface area contributed by atoms with Gasteiger partial charge in [0.2, 0.25) is 0 Å². The molecule has 1 aliphatic rings. The van der Waals surface area contributed by atoms with E-state index in [-0.39, 0.29) is 5.92 Å². The van der Waals surface area contributed by atoms with Crippen molar-refractivity contribution in [3.05, 3.63) is 24.2 Å². The first-order chi connectivity index (χ1) is 7.79. The van der Waals surface area contributed by atoms with Crippen LogP contribution in [0.1, 0.15) is 31.4 Å². The van der Waals surface area contributed by atoms with Crippen molar-refractivity contribution in [2.75, 3.05) is 6.54 Å². The summed E-state index contributed by atoms with van der Waals surface area (Å²) in [5.41, 5.74) is 5.63. The van der Waals surface area contributed by atoms with Crippen LogP contribution in [0.5, 0.6) is 0 Å². The van der Waals surface area contributed by atoms with Crippen LogP contribution < -0.4 is 5.73 Å². The van der Waals surface area contributed by atoms with E-state index in [0.717, 1.165) is 38.0 Å². The van der Waals surface area contributed by atoms with E-state index in [4.69, 9.17) is 10.2 Å². The molecule has 0 spiro atoms. The third-order valence-corrected chi connectivity index (χ3v) is 3.56. The van der Waals surface area contributed by atoms with Gasteiger partial charge in [0.15, 0.2) is 0 Å². The standard InChI is InChI=1S/C13H19NO2/c14-9-10-3-5-11(6-4-10)13(15)8-12-2-1-7-16-12/h1-2,7,10-11H,3-6,8-9,14H2. The molecule has 1 aliphatic carbocycles. The van der Waals surface area contributed by atoms with Crippen molar-refractivity contribution in [1.82, 2.24) is 0 Å². The van der Waals surface area contributed by atoms with Gasteiger partial charge in [-0.1, -0.05) is 0 Å². The third kappa shape index (κ3) is 2.73. The number of rotatable bonds is 4. The van der Waals surface area contributed by atoms with Crippen molar-refractivity contribution < 1.29 is 9.21 Å². The molecular weight excluding hydrogens is 202 g/mol. The predicted octanol–water partition coefficient (Wildman–Crippen LogP) is 2.16. The number of carbonyl (C=O) groups is 1. The average molecular weight is 221 g/mol. The quantitative estimate of drug-likeness (QED) is 0.847. The van der Waals surface area contributed by atoms with E-state index in [2.05, 4.69) is 0 Å². The largest absolute Gasteiger partial charge is 0.469 e. The minimum atomic E-state index is 0.230. The summed E-state index contributed by atoms with van der Waals surface area (Å²) in [4.78, 5) is 12.0. The van der Waals surface area contributed by atoms with Gasteiger partial charge in [0.1, 0.15) is 11.5 Å². The Labute approximate surface area is 96.0 Å². The van der Waals surface area contributed by atoms with Crippen LogP contribution in [0.25, 0.3) is 0 Å². The summed E-state index contributed by atoms with van der Waals surface area (Å²) >= 11 is 0. The summed E-state index contributed by atoms with van der Waals surface area (Å²) in [6, 6.07) is 3.69. The number of hydrogen-bond acceptors (Lipinski definition) is 3. The number of furan rings is 1. The third-order valence-electron chi connectivity index (χ3n) is 3.56. The minimum absolute atomic E-state index is 0.230. The molecule has 88 valence electrons. The Hall–Kier alpha value is -1.09. The smallest absolute Gasteiger partial charge is 0.143 e. The highest BCUT2D eigenvalue weighted by molar-refractivity contribution is 5.82. The maximum Gasteiger partial charge on any atom is 0.143 e. The second kappa shape index (κ2) is 5.30. The maximum atomic E-state index is 12.0. The van der Waals surface area contributed by atoms with Crippen LogP contribution in [0.2, 0.25) is 0 Å². The molecule has 1 fully saturated rings. The summed E-state index contributed by atoms with van der Waals surface area (Å²) in [6.45, 7) is 0.763. The zero-order valence-corrected chi connectivity index (χ0v) is 9.52. The van der Waals surface area contributed by atoms with E-state index in [9.17, 15) is 4.79 Å². The number of hydrogen-bond donors (Lipinski definition) is 1. The molecule has 0 aliphatic heterocycles. The molecule has 16 heavy (non-hydrogen) atoms. The molecule has 0 aromatic carbocycles. The van der Waals surface area contributed by atoms with Gasteiger partial charge in [0, 0.05) is 5.92 Å². The highest BCUT2D eigenvalue weighted by Gasteiger charge is 2.25. The maximum absolute atomic E-state index is 12.0. The summed E-state index contributed by atoms with van der Waals surface area (Å²) in [5.74, 6) is 1.97. The molecule has 0 atom stereocenters. The number of Topliss-reactive ketones (excluding diaryl/α,β-unsaturated/α-hetero) is 1. The Bertz CT molecular complexity index is 324. The molecule has 1 saturated carbocycles. The second-order valence-corrected chi connectivity index (χ2v) is 4.68. The van der Waals surface area contributed by atoms with Gasteiger partial charge in [-0.15, -0.1) is 0 Å². The molecule has 3 heteroatoms. The van der Waals surface area contributed by atoms with E-state index >= 15 is 0 Å². The number of carbonyl (C=O) groups excluding carboxylic acids is 1. The first-order valence-corrected chi connectivity index (χ1v) is 6.04. The molecular formula is C13H19NO2. The van der Waals surface area contributed by atoms with E-state index in [1.807, 2.05) is 12.1 Å². The average Bonchev–Trinajstić information content (AvgIpc) is 2.82. The fourth-order valence-electron chi connectivity index (χ4n) is 2.45. The molecule has 0 amide bonds. The van der Waals surface area contributed by atoms with Crippen LogP contribution in [0.3, 0.4) is 0 Å². The van der Waals surface area contributed by atoms with Gasteiger partial charge in [-0.2, -0.15) is 0 Å². The van der Waals surface area contributed by atoms with Gasteiger partial charge in [-0.05, 0) is 50.3 Å². The van der Waals surface area contributed by atoms with Gasteiger partial charge in [0.25, 0.3) is 0 Å². The fourth-order valence-corrected chi connectivity index (χ4v) is 2.45. The van der Waals surface area contributed by atoms with Crippen LogP contribution in [-0.2, 0) is 11.2 Å². The molecule has 0 radical (unpaired) electrons. The van der Waals surface area contributed by atoms with E-state index < -0.39 is 0 Å². The zero-order chi connectivity index (χ0) is 11.4. The first-order valence-electron chi connectivity index (χ1n) is 6.04. The lowest BCUT2D eigenvalue weighted by Gasteiger charge is -2.26. The molecule has 0 bridgehead atoms. The number of nitrogens with two attached hydrogens (primary N) is 1. The number of ketones is 1. The summed E-state index contributed by atoms with van der Waals surface area (Å²) in [5, 5.41) is 0. The Balaban J connectivity index is 1.82. The van der Waals surface area contributed by atoms with Gasteiger partial charge in [-0.25, -0.2) is 0 Å². The monoisotopic (exact) mass is 221 g/mol. The molecule has 2 N–H and O–H groups in total. The summed E-state index contributed by atoms with van der Waals surface area (Å²) < 4.78 is 5.20. The first kappa shape index (κ1) is 11.4. The van der Waals surface area contributed by atoms with Crippen molar-refractivity contribution in [3.63, 3.8) is 0 Å². The highest BCUT2D eigenvalue weighted by Crippen LogP contribution is 2.29. The van der Waals surface area contributed by atoms with Crippen LogP contribution in [0, 0.1) is 11.8 Å². The fraction of sp³-hybridized carbons (Fsp3) is 0.615. The lowest BCUT2D eigenvalue weighted by molar-refractivity contribution is -0.123. The van der Waals surface area contributed by atoms with E-state index in [1.165, 1.54) is 0 Å².